The van der Waals surface area contributed by atoms with Gasteiger partial charge in [0.1, 0.15) is 0 Å². The van der Waals surface area contributed by atoms with Gasteiger partial charge in [-0.15, -0.1) is 0 Å². The van der Waals surface area contributed by atoms with Gasteiger partial charge in [0.05, 0.1) is 0 Å². The summed E-state index contributed by atoms with van der Waals surface area (Å²) in [7, 11) is -6.19. The van der Waals surface area contributed by atoms with Crippen molar-refractivity contribution < 1.29 is 34.3 Å². The Bertz CT molecular complexity index is 674. The van der Waals surface area contributed by atoms with E-state index in [9.17, 15) is 30.4 Å². The summed E-state index contributed by atoms with van der Waals surface area (Å²) in [5.41, 5.74) is 0.635. The first-order valence-corrected chi connectivity index (χ1v) is 12.0. The molecule has 0 aromatic heterocycles. The molecule has 0 heterocycles. The molecular formula is C15H22F5O3PS. The first-order chi connectivity index (χ1) is 11.3. The molecule has 146 valence electrons. The molecule has 10 heteroatoms. The van der Waals surface area contributed by atoms with Crippen molar-refractivity contribution in [1.29, 1.82) is 0 Å². The fourth-order valence-corrected chi connectivity index (χ4v) is 10.2. The van der Waals surface area contributed by atoms with Crippen LogP contribution in [0.5, 0.6) is 0 Å². The molecule has 0 spiro atoms. The number of halogens is 5. The minimum atomic E-state index is -6.24. The van der Waals surface area contributed by atoms with Gasteiger partial charge in [-0.3, -0.25) is 0 Å². The number of hydrogen-bond donors (Lipinski definition) is 0. The molecule has 0 aliphatic rings. The molecule has 1 rings (SSSR count). The summed E-state index contributed by atoms with van der Waals surface area (Å²) in [6.07, 6.45) is -6.01. The van der Waals surface area contributed by atoms with Gasteiger partial charge in [-0.25, -0.2) is 0 Å². The third-order valence-corrected chi connectivity index (χ3v) is 14.1. The van der Waals surface area contributed by atoms with Crippen LogP contribution in [0.15, 0.2) is 30.3 Å². The van der Waals surface area contributed by atoms with Gasteiger partial charge in [0, 0.05) is 0 Å². The number of rotatable bonds is 8. The molecule has 0 unspecified atom stereocenters. The van der Waals surface area contributed by atoms with Crippen LogP contribution in [0.1, 0.15) is 26.3 Å². The van der Waals surface area contributed by atoms with Crippen LogP contribution in [-0.2, 0) is 20.3 Å². The van der Waals surface area contributed by atoms with Gasteiger partial charge < -0.3 is 0 Å². The monoisotopic (exact) mass is 408 g/mol. The van der Waals surface area contributed by atoms with Crippen molar-refractivity contribution in [3.8, 4) is 0 Å². The van der Waals surface area contributed by atoms with E-state index in [0.717, 1.165) is 0 Å². The summed E-state index contributed by atoms with van der Waals surface area (Å²) in [6.45, 7) is 0.799. The summed E-state index contributed by atoms with van der Waals surface area (Å²) >= 11 is 0. The van der Waals surface area contributed by atoms with E-state index in [-0.39, 0.29) is 24.6 Å². The Kier molecular flexibility index (Phi) is 6.30. The second-order valence-electron chi connectivity index (χ2n) is 5.99. The van der Waals surface area contributed by atoms with Crippen LogP contribution >= 0.6 is 6.83 Å². The number of alkyl halides is 5. The summed E-state index contributed by atoms with van der Waals surface area (Å²) in [5.74, 6) is 0. The third-order valence-electron chi connectivity index (χ3n) is 4.78. The molecule has 0 aliphatic heterocycles. The van der Waals surface area contributed by atoms with E-state index < -0.39 is 28.4 Å². The van der Waals surface area contributed by atoms with Crippen molar-refractivity contribution in [3.63, 3.8) is 0 Å². The van der Waals surface area contributed by atoms with Crippen molar-refractivity contribution in [3.05, 3.63) is 35.9 Å². The molecule has 1 aromatic rings. The fraction of sp³-hybridized carbons (Fsp3) is 0.600. The second-order valence-corrected chi connectivity index (χ2v) is 13.9. The number of hydrogen-bond acceptors (Lipinski definition) is 3. The first-order valence-electron chi connectivity index (χ1n) is 7.73. The van der Waals surface area contributed by atoms with E-state index in [1.165, 1.54) is 0 Å². The molecular weight excluding hydrogens is 386 g/mol. The average molecular weight is 408 g/mol. The zero-order chi connectivity index (χ0) is 19.6. The maximum absolute atomic E-state index is 13.5. The van der Waals surface area contributed by atoms with Gasteiger partial charge in [0.2, 0.25) is 0 Å². The standard InChI is InChI=1S/C15H22F5O3PS/c1-4-24(5-2,6-3,12-13-10-8-7-9-11-13)23-25(21,22)15(19,20)14(16,17)18/h7-11H,4-6,12H2,1-3H3. The molecule has 3 nitrogen and oxygen atoms in total. The molecule has 0 aliphatic carbocycles. The Labute approximate surface area is 144 Å². The summed E-state index contributed by atoms with van der Waals surface area (Å²) in [6, 6.07) is 8.42. The van der Waals surface area contributed by atoms with Gasteiger partial charge in [-0.2, -0.15) is 0 Å². The molecule has 0 saturated carbocycles. The Morgan fingerprint density at radius 3 is 1.72 bits per heavy atom. The predicted molar refractivity (Wildman–Crippen MR) is 89.7 cm³/mol. The Morgan fingerprint density at radius 2 is 1.36 bits per heavy atom. The molecule has 0 atom stereocenters. The van der Waals surface area contributed by atoms with Crippen LogP contribution in [-0.4, -0.2) is 38.3 Å². The summed E-state index contributed by atoms with van der Waals surface area (Å²) in [5, 5.41) is -5.96. The zero-order valence-electron chi connectivity index (χ0n) is 14.2. The van der Waals surface area contributed by atoms with E-state index in [1.807, 2.05) is 0 Å². The van der Waals surface area contributed by atoms with Crippen LogP contribution in [0.4, 0.5) is 22.0 Å². The van der Waals surface area contributed by atoms with E-state index >= 15 is 0 Å². The van der Waals surface area contributed by atoms with Crippen molar-refractivity contribution in [2.24, 2.45) is 0 Å². The van der Waals surface area contributed by atoms with Gasteiger partial charge in [0.25, 0.3) is 0 Å². The second kappa shape index (κ2) is 7.08. The topological polar surface area (TPSA) is 43.4 Å². The van der Waals surface area contributed by atoms with Gasteiger partial charge in [0.15, 0.2) is 0 Å². The van der Waals surface area contributed by atoms with E-state index in [1.54, 1.807) is 51.1 Å². The van der Waals surface area contributed by atoms with Crippen molar-refractivity contribution >= 4 is 16.9 Å². The molecule has 25 heavy (non-hydrogen) atoms. The van der Waals surface area contributed by atoms with E-state index in [4.69, 9.17) is 3.97 Å². The number of benzene rings is 1. The molecule has 0 radical (unpaired) electrons. The molecule has 0 N–H and O–H groups in total. The van der Waals surface area contributed by atoms with Crippen molar-refractivity contribution in [2.45, 2.75) is 38.4 Å². The van der Waals surface area contributed by atoms with Gasteiger partial charge >= 0.3 is 144 Å². The van der Waals surface area contributed by atoms with Crippen LogP contribution in [0.3, 0.4) is 0 Å². The maximum atomic E-state index is 13.5. The molecule has 0 amide bonds. The Balaban J connectivity index is 3.46. The van der Waals surface area contributed by atoms with Crippen molar-refractivity contribution in [1.82, 2.24) is 0 Å². The summed E-state index contributed by atoms with van der Waals surface area (Å²) in [4.78, 5) is 0. The quantitative estimate of drug-likeness (QED) is 0.438. The zero-order valence-corrected chi connectivity index (χ0v) is 15.9. The molecule has 0 fully saturated rings. The normalized spacial score (nSPS) is 15.6. The van der Waals surface area contributed by atoms with Crippen LogP contribution < -0.4 is 0 Å². The van der Waals surface area contributed by atoms with Gasteiger partial charge in [-0.1, -0.05) is 0 Å². The fourth-order valence-electron chi connectivity index (χ4n) is 2.70. The third kappa shape index (κ3) is 4.14. The average Bonchev–Trinajstić information content (AvgIpc) is 2.54. The Morgan fingerprint density at radius 1 is 0.920 bits per heavy atom. The van der Waals surface area contributed by atoms with E-state index in [2.05, 4.69) is 0 Å². The SMILES string of the molecule is CCP(CC)(CC)(Cc1ccccc1)OS(=O)(=O)C(F)(F)C(F)(F)F. The van der Waals surface area contributed by atoms with E-state index in [0.29, 0.717) is 5.56 Å². The Hall–Kier alpha value is -0.790. The molecule has 0 saturated heterocycles. The summed E-state index contributed by atoms with van der Waals surface area (Å²) < 4.78 is 93.5. The molecule has 1 aromatic carbocycles. The van der Waals surface area contributed by atoms with Crippen LogP contribution in [0.25, 0.3) is 0 Å². The van der Waals surface area contributed by atoms with Crippen molar-refractivity contribution in [2.75, 3.05) is 18.5 Å². The minimum absolute atomic E-state index is 0.0170. The van der Waals surface area contributed by atoms with Crippen LogP contribution in [0.2, 0.25) is 0 Å². The predicted octanol–water partition coefficient (Wildman–Crippen LogP) is 5.22. The molecule has 0 bridgehead atoms. The van der Waals surface area contributed by atoms with Gasteiger partial charge in [-0.05, 0) is 0 Å². The van der Waals surface area contributed by atoms with Crippen LogP contribution in [0, 0.1) is 0 Å². The first kappa shape index (κ1) is 22.3.